The Morgan fingerprint density at radius 1 is 0.404 bits per heavy atom. The molecule has 0 saturated carbocycles. The standard InChI is InChI=1S/C51H28N6/c52-29-31-11-19-41-42-20-12-32(30-53)26-44(42)51(43(41)25-31,39-9-1-5-37(27-39)45-21-17-35-15-13-33-7-3-23-54-47(33)49(35)56-45)40-10-2-6-38(28-40)46-22-18-36-16-14-34-8-4-24-55-48(34)50(36)57-46/h1-28H. The summed E-state index contributed by atoms with van der Waals surface area (Å²) in [4.78, 5) is 19.8. The monoisotopic (exact) mass is 724 g/mol. The maximum absolute atomic E-state index is 10.3. The number of hydrogen-bond donors (Lipinski definition) is 0. The molecule has 6 aromatic carbocycles. The molecule has 10 aromatic rings. The molecule has 1 aliphatic carbocycles. The highest BCUT2D eigenvalue weighted by Gasteiger charge is 2.47. The third-order valence-electron chi connectivity index (χ3n) is 11.4. The molecule has 0 unspecified atom stereocenters. The summed E-state index contributed by atoms with van der Waals surface area (Å²) in [6.07, 6.45) is 3.61. The van der Waals surface area contributed by atoms with Crippen LogP contribution in [0.2, 0.25) is 0 Å². The maximum atomic E-state index is 10.3. The zero-order valence-electron chi connectivity index (χ0n) is 30.3. The van der Waals surface area contributed by atoms with Gasteiger partial charge in [0.15, 0.2) is 0 Å². The molecular formula is C51H28N6. The molecule has 0 saturated heterocycles. The number of nitriles is 2. The normalized spacial score (nSPS) is 12.7. The average Bonchev–Trinajstić information content (AvgIpc) is 3.58. The van der Waals surface area contributed by atoms with Crippen molar-refractivity contribution in [1.82, 2.24) is 19.9 Å². The van der Waals surface area contributed by atoms with Gasteiger partial charge in [0.25, 0.3) is 0 Å². The highest BCUT2D eigenvalue weighted by molar-refractivity contribution is 6.04. The summed E-state index contributed by atoms with van der Waals surface area (Å²) in [6.45, 7) is 0. The molecule has 57 heavy (non-hydrogen) atoms. The number of aromatic nitrogens is 4. The second-order valence-electron chi connectivity index (χ2n) is 14.5. The number of fused-ring (bicyclic) bond motifs is 9. The van der Waals surface area contributed by atoms with E-state index in [-0.39, 0.29) is 0 Å². The first kappa shape index (κ1) is 32.4. The van der Waals surface area contributed by atoms with E-state index in [1.54, 1.807) is 12.4 Å². The van der Waals surface area contributed by atoms with Crippen LogP contribution in [0, 0.1) is 22.7 Å². The van der Waals surface area contributed by atoms with Crippen molar-refractivity contribution in [1.29, 1.82) is 10.5 Å². The van der Waals surface area contributed by atoms with E-state index in [2.05, 4.69) is 121 Å². The Balaban J connectivity index is 1.18. The molecule has 262 valence electrons. The van der Waals surface area contributed by atoms with Crippen LogP contribution in [0.15, 0.2) is 170 Å². The lowest BCUT2D eigenvalue weighted by Crippen LogP contribution is -2.29. The van der Waals surface area contributed by atoms with Gasteiger partial charge in [0.05, 0.1) is 62.1 Å². The number of hydrogen-bond acceptors (Lipinski definition) is 6. The van der Waals surface area contributed by atoms with Crippen LogP contribution >= 0.6 is 0 Å². The maximum Gasteiger partial charge on any atom is 0.0991 e. The fraction of sp³-hybridized carbons (Fsp3) is 0.0196. The number of pyridine rings is 4. The molecule has 0 spiro atoms. The van der Waals surface area contributed by atoms with E-state index < -0.39 is 5.41 Å². The molecule has 0 aliphatic heterocycles. The van der Waals surface area contributed by atoms with Crippen LogP contribution < -0.4 is 0 Å². The van der Waals surface area contributed by atoms with Gasteiger partial charge in [-0.2, -0.15) is 10.5 Å². The van der Waals surface area contributed by atoms with Crippen LogP contribution in [0.3, 0.4) is 0 Å². The molecule has 0 atom stereocenters. The molecule has 0 bridgehead atoms. The largest absolute Gasteiger partial charge is 0.254 e. The van der Waals surface area contributed by atoms with Crippen LogP contribution in [-0.4, -0.2) is 19.9 Å². The molecule has 6 heteroatoms. The first-order valence-electron chi connectivity index (χ1n) is 18.7. The number of benzene rings is 6. The predicted octanol–water partition coefficient (Wildman–Crippen LogP) is 11.3. The minimum Gasteiger partial charge on any atom is -0.254 e. The van der Waals surface area contributed by atoms with Crippen LogP contribution in [0.4, 0.5) is 0 Å². The molecule has 0 N–H and O–H groups in total. The van der Waals surface area contributed by atoms with E-state index in [1.807, 2.05) is 48.5 Å². The summed E-state index contributed by atoms with van der Waals surface area (Å²) in [6, 6.07) is 58.4. The summed E-state index contributed by atoms with van der Waals surface area (Å²) >= 11 is 0. The summed E-state index contributed by atoms with van der Waals surface area (Å²) in [5.41, 5.74) is 13.1. The lowest BCUT2D eigenvalue weighted by atomic mass is 9.66. The van der Waals surface area contributed by atoms with Crippen molar-refractivity contribution in [2.75, 3.05) is 0 Å². The second kappa shape index (κ2) is 12.5. The highest BCUT2D eigenvalue weighted by atomic mass is 14.8. The SMILES string of the molecule is N#Cc1ccc2c(c1)C(c1cccc(-c3ccc4ccc5cccnc5c4n3)c1)(c1cccc(-c3ccc4ccc5cccnc5c4n3)c1)c1cc(C#N)ccc1-2. The summed E-state index contributed by atoms with van der Waals surface area (Å²) < 4.78 is 0. The van der Waals surface area contributed by atoms with Crippen molar-refractivity contribution in [3.05, 3.63) is 203 Å². The number of nitrogens with zero attached hydrogens (tertiary/aromatic N) is 6. The Hall–Kier alpha value is -8.06. The molecule has 4 aromatic heterocycles. The zero-order valence-corrected chi connectivity index (χ0v) is 30.3. The summed E-state index contributed by atoms with van der Waals surface area (Å²) in [7, 11) is 0. The molecule has 0 radical (unpaired) electrons. The third kappa shape index (κ3) is 4.88. The summed E-state index contributed by atoms with van der Waals surface area (Å²) in [5.74, 6) is 0. The van der Waals surface area contributed by atoms with Gasteiger partial charge >= 0.3 is 0 Å². The zero-order chi connectivity index (χ0) is 38.1. The van der Waals surface area contributed by atoms with E-state index in [0.29, 0.717) is 11.1 Å². The van der Waals surface area contributed by atoms with Crippen molar-refractivity contribution in [3.8, 4) is 45.8 Å². The Bertz CT molecular complexity index is 3180. The molecule has 0 amide bonds. The quantitative estimate of drug-likeness (QED) is 0.168. The van der Waals surface area contributed by atoms with Gasteiger partial charge in [-0.25, -0.2) is 9.97 Å². The fourth-order valence-electron chi connectivity index (χ4n) is 8.84. The first-order valence-corrected chi connectivity index (χ1v) is 18.7. The van der Waals surface area contributed by atoms with Gasteiger partial charge in [-0.05, 0) is 94.0 Å². The Morgan fingerprint density at radius 3 is 1.30 bits per heavy atom. The first-order chi connectivity index (χ1) is 28.1. The van der Waals surface area contributed by atoms with E-state index >= 15 is 0 Å². The van der Waals surface area contributed by atoms with Gasteiger partial charge in [0.1, 0.15) is 0 Å². The minimum absolute atomic E-state index is 0.560. The smallest absolute Gasteiger partial charge is 0.0991 e. The Morgan fingerprint density at radius 2 is 0.842 bits per heavy atom. The molecular weight excluding hydrogens is 697 g/mol. The lowest BCUT2D eigenvalue weighted by molar-refractivity contribution is 0.768. The molecule has 0 fully saturated rings. The molecule has 11 rings (SSSR count). The van der Waals surface area contributed by atoms with Crippen molar-refractivity contribution in [2.24, 2.45) is 0 Å². The molecule has 6 nitrogen and oxygen atoms in total. The minimum atomic E-state index is -0.910. The van der Waals surface area contributed by atoms with E-state index in [9.17, 15) is 10.5 Å². The van der Waals surface area contributed by atoms with Crippen LogP contribution in [0.5, 0.6) is 0 Å². The average molecular weight is 725 g/mol. The Kier molecular flexibility index (Phi) is 7.10. The van der Waals surface area contributed by atoms with Gasteiger partial charge in [-0.15, -0.1) is 0 Å². The van der Waals surface area contributed by atoms with E-state index in [4.69, 9.17) is 19.9 Å². The van der Waals surface area contributed by atoms with Crippen LogP contribution in [-0.2, 0) is 5.41 Å². The molecule has 4 heterocycles. The van der Waals surface area contributed by atoms with E-state index in [0.717, 1.165) is 99.5 Å². The van der Waals surface area contributed by atoms with Crippen molar-refractivity contribution in [2.45, 2.75) is 5.41 Å². The van der Waals surface area contributed by atoms with Gasteiger partial charge in [-0.3, -0.25) is 9.97 Å². The van der Waals surface area contributed by atoms with Crippen LogP contribution in [0.1, 0.15) is 33.4 Å². The second-order valence-corrected chi connectivity index (χ2v) is 14.5. The van der Waals surface area contributed by atoms with Crippen molar-refractivity contribution < 1.29 is 0 Å². The van der Waals surface area contributed by atoms with Crippen molar-refractivity contribution in [3.63, 3.8) is 0 Å². The molecule has 1 aliphatic rings. The Labute approximate surface area is 327 Å². The topological polar surface area (TPSA) is 99.1 Å². The van der Waals surface area contributed by atoms with Gasteiger partial charge < -0.3 is 0 Å². The fourth-order valence-corrected chi connectivity index (χ4v) is 8.84. The van der Waals surface area contributed by atoms with Gasteiger partial charge in [0, 0.05) is 45.1 Å². The third-order valence-corrected chi connectivity index (χ3v) is 11.4. The predicted molar refractivity (Wildman–Crippen MR) is 225 cm³/mol. The van der Waals surface area contributed by atoms with Crippen molar-refractivity contribution >= 4 is 43.6 Å². The van der Waals surface area contributed by atoms with Gasteiger partial charge in [0.2, 0.25) is 0 Å². The van der Waals surface area contributed by atoms with Gasteiger partial charge in [-0.1, -0.05) is 97.1 Å². The number of rotatable bonds is 4. The lowest BCUT2D eigenvalue weighted by Gasteiger charge is -2.34. The highest BCUT2D eigenvalue weighted by Crippen LogP contribution is 2.57. The van der Waals surface area contributed by atoms with Crippen LogP contribution in [0.25, 0.3) is 77.3 Å². The summed E-state index contributed by atoms with van der Waals surface area (Å²) in [5, 5.41) is 24.6. The van der Waals surface area contributed by atoms with E-state index in [1.165, 1.54) is 0 Å².